The fourth-order valence-electron chi connectivity index (χ4n) is 2.21. The Labute approximate surface area is 124 Å². The normalized spacial score (nSPS) is 20.5. The molecule has 0 spiro atoms. The number of aryl methyl sites for hydroxylation is 2. The second-order valence-electron chi connectivity index (χ2n) is 4.68. The number of rotatable bonds is 3. The van der Waals surface area contributed by atoms with E-state index in [4.69, 9.17) is 4.74 Å². The van der Waals surface area contributed by atoms with Gasteiger partial charge in [0, 0.05) is 16.3 Å². The van der Waals surface area contributed by atoms with Crippen molar-refractivity contribution in [1.29, 1.82) is 0 Å². The summed E-state index contributed by atoms with van der Waals surface area (Å²) in [5.74, 6) is 0.0189. The number of nitrogens with one attached hydrogen (secondary N) is 2. The van der Waals surface area contributed by atoms with Crippen LogP contribution in [0.1, 0.15) is 28.3 Å². The van der Waals surface area contributed by atoms with Crippen molar-refractivity contribution in [2.75, 3.05) is 19.8 Å². The fourth-order valence-corrected chi connectivity index (χ4v) is 3.23. The maximum absolute atomic E-state index is 12.0. The topological polar surface area (TPSA) is 50.4 Å². The second kappa shape index (κ2) is 7.24. The summed E-state index contributed by atoms with van der Waals surface area (Å²) in [5, 5.41) is 6.21. The van der Waals surface area contributed by atoms with Gasteiger partial charge in [-0.2, -0.15) is 0 Å². The number of thiophene rings is 1. The minimum atomic E-state index is -0.221. The van der Waals surface area contributed by atoms with Crippen LogP contribution in [0.2, 0.25) is 0 Å². The Kier molecular flexibility index (Phi) is 6.26. The number of halogens is 1. The molecule has 2 rings (SSSR count). The van der Waals surface area contributed by atoms with E-state index in [9.17, 15) is 4.79 Å². The van der Waals surface area contributed by atoms with E-state index < -0.39 is 0 Å². The molecule has 0 aromatic carbocycles. The second-order valence-corrected chi connectivity index (χ2v) is 6.14. The van der Waals surface area contributed by atoms with Gasteiger partial charge in [-0.25, -0.2) is 0 Å². The summed E-state index contributed by atoms with van der Waals surface area (Å²) < 4.78 is 5.30. The third-order valence-electron chi connectivity index (χ3n) is 3.14. The number of hydrogen-bond acceptors (Lipinski definition) is 4. The summed E-state index contributed by atoms with van der Waals surface area (Å²) in [5.41, 5.74) is 1.21. The van der Waals surface area contributed by atoms with Crippen LogP contribution in [0.4, 0.5) is 0 Å². The van der Waals surface area contributed by atoms with Crippen molar-refractivity contribution in [2.45, 2.75) is 32.9 Å². The van der Waals surface area contributed by atoms with E-state index in [-0.39, 0.29) is 30.4 Å². The summed E-state index contributed by atoms with van der Waals surface area (Å²) in [4.78, 5) is 14.6. The van der Waals surface area contributed by atoms with Crippen molar-refractivity contribution in [1.82, 2.24) is 10.6 Å². The summed E-state index contributed by atoms with van der Waals surface area (Å²) >= 11 is 1.77. The molecule has 2 N–H and O–H groups in total. The first-order valence-corrected chi connectivity index (χ1v) is 7.08. The molecule has 108 valence electrons. The van der Waals surface area contributed by atoms with Gasteiger partial charge in [0.15, 0.2) is 0 Å². The van der Waals surface area contributed by atoms with Gasteiger partial charge in [0.25, 0.3) is 0 Å². The van der Waals surface area contributed by atoms with Crippen molar-refractivity contribution in [3.05, 3.63) is 21.4 Å². The SMILES string of the molecule is Cc1cc(C(C)NC(=O)C2COCCN2)c(C)s1.Cl. The van der Waals surface area contributed by atoms with Crippen LogP contribution < -0.4 is 10.6 Å². The predicted molar refractivity (Wildman–Crippen MR) is 80.2 cm³/mol. The number of ether oxygens (including phenoxy) is 1. The zero-order valence-electron chi connectivity index (χ0n) is 11.5. The molecule has 1 fully saturated rings. The molecular formula is C13H21ClN2O2S. The quantitative estimate of drug-likeness (QED) is 0.897. The molecule has 6 heteroatoms. The van der Waals surface area contributed by atoms with Crippen molar-refractivity contribution in [3.63, 3.8) is 0 Å². The predicted octanol–water partition coefficient (Wildman–Crippen LogP) is 1.95. The van der Waals surface area contributed by atoms with Crippen LogP contribution in [0.15, 0.2) is 6.07 Å². The highest BCUT2D eigenvalue weighted by Crippen LogP contribution is 2.26. The number of morpholine rings is 1. The first-order valence-electron chi connectivity index (χ1n) is 6.26. The zero-order chi connectivity index (χ0) is 13.1. The maximum Gasteiger partial charge on any atom is 0.240 e. The van der Waals surface area contributed by atoms with Gasteiger partial charge in [-0.1, -0.05) is 0 Å². The molecule has 1 aliphatic rings. The van der Waals surface area contributed by atoms with Crippen molar-refractivity contribution >= 4 is 29.7 Å². The van der Waals surface area contributed by atoms with Crippen molar-refractivity contribution in [3.8, 4) is 0 Å². The lowest BCUT2D eigenvalue weighted by Crippen LogP contribution is -2.51. The summed E-state index contributed by atoms with van der Waals surface area (Å²) in [6, 6.07) is 1.97. The van der Waals surface area contributed by atoms with E-state index in [1.807, 2.05) is 6.92 Å². The van der Waals surface area contributed by atoms with Crippen LogP contribution >= 0.6 is 23.7 Å². The number of carbonyl (C=O) groups is 1. The molecule has 2 heterocycles. The molecule has 1 amide bonds. The van der Waals surface area contributed by atoms with Crippen molar-refractivity contribution < 1.29 is 9.53 Å². The fraction of sp³-hybridized carbons (Fsp3) is 0.615. The monoisotopic (exact) mass is 304 g/mol. The first kappa shape index (κ1) is 16.4. The lowest BCUT2D eigenvalue weighted by molar-refractivity contribution is -0.126. The molecular weight excluding hydrogens is 284 g/mol. The third-order valence-corrected chi connectivity index (χ3v) is 4.12. The molecule has 1 saturated heterocycles. The van der Waals surface area contributed by atoms with Gasteiger partial charge in [0.1, 0.15) is 6.04 Å². The van der Waals surface area contributed by atoms with E-state index in [0.717, 1.165) is 6.54 Å². The highest BCUT2D eigenvalue weighted by Gasteiger charge is 2.23. The molecule has 0 bridgehead atoms. The lowest BCUT2D eigenvalue weighted by Gasteiger charge is -2.24. The van der Waals surface area contributed by atoms with E-state index in [2.05, 4.69) is 30.5 Å². The molecule has 0 aliphatic carbocycles. The van der Waals surface area contributed by atoms with Gasteiger partial charge >= 0.3 is 0 Å². The Morgan fingerprint density at radius 1 is 1.58 bits per heavy atom. The highest BCUT2D eigenvalue weighted by atomic mass is 35.5. The van der Waals surface area contributed by atoms with E-state index in [1.165, 1.54) is 15.3 Å². The smallest absolute Gasteiger partial charge is 0.240 e. The van der Waals surface area contributed by atoms with Crippen LogP contribution in [0.5, 0.6) is 0 Å². The van der Waals surface area contributed by atoms with Crippen LogP contribution in [0, 0.1) is 13.8 Å². The van der Waals surface area contributed by atoms with E-state index in [1.54, 1.807) is 11.3 Å². The lowest BCUT2D eigenvalue weighted by atomic mass is 10.1. The highest BCUT2D eigenvalue weighted by molar-refractivity contribution is 7.12. The Bertz CT molecular complexity index is 430. The van der Waals surface area contributed by atoms with E-state index >= 15 is 0 Å². The molecule has 1 aliphatic heterocycles. The van der Waals surface area contributed by atoms with Gasteiger partial charge in [0.05, 0.1) is 19.3 Å². The molecule has 4 nitrogen and oxygen atoms in total. The molecule has 1 aromatic rings. The molecule has 0 radical (unpaired) electrons. The molecule has 2 atom stereocenters. The summed E-state index contributed by atoms with van der Waals surface area (Å²) in [6.45, 7) is 8.09. The van der Waals surface area contributed by atoms with Crippen LogP contribution in [-0.4, -0.2) is 31.7 Å². The van der Waals surface area contributed by atoms with Crippen LogP contribution in [0.25, 0.3) is 0 Å². The standard InChI is InChI=1S/C13H20N2O2S.ClH/c1-8-6-11(10(3)18-8)9(2)15-13(16)12-7-17-5-4-14-12;/h6,9,12,14H,4-5,7H2,1-3H3,(H,15,16);1H. The minimum absolute atomic E-state index is 0. The van der Waals surface area contributed by atoms with Crippen molar-refractivity contribution in [2.24, 2.45) is 0 Å². The van der Waals surface area contributed by atoms with Gasteiger partial charge in [-0.15, -0.1) is 23.7 Å². The summed E-state index contributed by atoms with van der Waals surface area (Å²) in [7, 11) is 0. The van der Waals surface area contributed by atoms with Gasteiger partial charge < -0.3 is 15.4 Å². The molecule has 19 heavy (non-hydrogen) atoms. The Hall–Kier alpha value is -0.620. The maximum atomic E-state index is 12.0. The largest absolute Gasteiger partial charge is 0.378 e. The minimum Gasteiger partial charge on any atom is -0.378 e. The Balaban J connectivity index is 0.00000180. The average molecular weight is 305 g/mol. The van der Waals surface area contributed by atoms with Gasteiger partial charge in [-0.3, -0.25) is 4.79 Å². The van der Waals surface area contributed by atoms with Crippen LogP contribution in [0.3, 0.4) is 0 Å². The van der Waals surface area contributed by atoms with Gasteiger partial charge in [-0.05, 0) is 32.4 Å². The molecule has 1 aromatic heterocycles. The molecule has 2 unspecified atom stereocenters. The summed E-state index contributed by atoms with van der Waals surface area (Å²) in [6.07, 6.45) is 0. The molecule has 0 saturated carbocycles. The number of carbonyl (C=O) groups excluding carboxylic acids is 1. The van der Waals surface area contributed by atoms with Crippen LogP contribution in [-0.2, 0) is 9.53 Å². The van der Waals surface area contributed by atoms with Gasteiger partial charge in [0.2, 0.25) is 5.91 Å². The Morgan fingerprint density at radius 2 is 2.32 bits per heavy atom. The Morgan fingerprint density at radius 3 is 2.84 bits per heavy atom. The zero-order valence-corrected chi connectivity index (χ0v) is 13.1. The third kappa shape index (κ3) is 4.18. The number of hydrogen-bond donors (Lipinski definition) is 2. The van der Waals surface area contributed by atoms with E-state index in [0.29, 0.717) is 13.2 Å². The average Bonchev–Trinajstić information content (AvgIpc) is 2.69. The first-order chi connectivity index (χ1) is 8.58. The number of amides is 1.